The van der Waals surface area contributed by atoms with E-state index in [2.05, 4.69) is 27.9 Å². The fraction of sp³-hybridized carbons (Fsp3) is 0.120. The van der Waals surface area contributed by atoms with E-state index in [0.717, 1.165) is 14.7 Å². The van der Waals surface area contributed by atoms with Gasteiger partial charge in [-0.1, -0.05) is 35.9 Å². The van der Waals surface area contributed by atoms with Gasteiger partial charge in [-0.15, -0.1) is 0 Å². The van der Waals surface area contributed by atoms with Crippen LogP contribution in [0.1, 0.15) is 16.7 Å². The summed E-state index contributed by atoms with van der Waals surface area (Å²) in [5.41, 5.74) is 3.24. The first-order valence-electron chi connectivity index (χ1n) is 9.65. The zero-order chi connectivity index (χ0) is 23.1. The van der Waals surface area contributed by atoms with E-state index in [1.807, 2.05) is 49.4 Å². The van der Waals surface area contributed by atoms with Crippen LogP contribution in [-0.2, 0) is 11.4 Å². The van der Waals surface area contributed by atoms with Crippen LogP contribution in [-0.4, -0.2) is 13.0 Å². The summed E-state index contributed by atoms with van der Waals surface area (Å²) in [5, 5.41) is 12.5. The van der Waals surface area contributed by atoms with Gasteiger partial charge in [0.1, 0.15) is 18.2 Å². The Hall–Kier alpha value is -3.02. The molecule has 0 aliphatic carbocycles. The molecular weight excluding hydrogens is 539 g/mol. The number of benzene rings is 3. The predicted molar refractivity (Wildman–Crippen MR) is 135 cm³/mol. The van der Waals surface area contributed by atoms with E-state index in [4.69, 9.17) is 21.1 Å². The van der Waals surface area contributed by atoms with Gasteiger partial charge in [0.25, 0.3) is 5.91 Å². The first-order valence-corrected chi connectivity index (χ1v) is 11.1. The standard InChI is InChI=1S/C25H20ClIN2O3/c1-16-5-3-4-6-18(16)15-32-24-22(26)12-17(13-23(24)31-2)11-19(14-28)25(30)29-21-9-7-20(27)8-10-21/h3-13H,15H2,1-2H3,(H,29,30)/b19-11+. The monoisotopic (exact) mass is 558 g/mol. The number of anilines is 1. The molecule has 0 fully saturated rings. The smallest absolute Gasteiger partial charge is 0.266 e. The number of hydrogen-bond acceptors (Lipinski definition) is 4. The van der Waals surface area contributed by atoms with Crippen molar-refractivity contribution in [2.75, 3.05) is 12.4 Å². The van der Waals surface area contributed by atoms with Crippen molar-refractivity contribution in [2.45, 2.75) is 13.5 Å². The lowest BCUT2D eigenvalue weighted by Gasteiger charge is -2.14. The number of carbonyl (C=O) groups excluding carboxylic acids is 1. The number of amides is 1. The Morgan fingerprint density at radius 3 is 2.56 bits per heavy atom. The maximum atomic E-state index is 12.5. The molecule has 0 radical (unpaired) electrons. The van der Waals surface area contributed by atoms with Crippen LogP contribution in [0, 0.1) is 21.8 Å². The molecule has 5 nitrogen and oxygen atoms in total. The van der Waals surface area contributed by atoms with E-state index < -0.39 is 5.91 Å². The van der Waals surface area contributed by atoms with E-state index in [0.29, 0.717) is 34.4 Å². The topological polar surface area (TPSA) is 71.3 Å². The Bertz CT molecular complexity index is 1200. The predicted octanol–water partition coefficient (Wildman–Crippen LogP) is 6.39. The molecule has 0 saturated heterocycles. The highest BCUT2D eigenvalue weighted by molar-refractivity contribution is 14.1. The summed E-state index contributed by atoms with van der Waals surface area (Å²) in [6.07, 6.45) is 1.46. The second-order valence-corrected chi connectivity index (χ2v) is 8.53. The maximum Gasteiger partial charge on any atom is 0.266 e. The van der Waals surface area contributed by atoms with Gasteiger partial charge in [0.2, 0.25) is 0 Å². The van der Waals surface area contributed by atoms with Gasteiger partial charge in [0, 0.05) is 9.26 Å². The van der Waals surface area contributed by atoms with Crippen LogP contribution >= 0.6 is 34.2 Å². The third-order valence-electron chi connectivity index (χ3n) is 4.66. The first kappa shape index (κ1) is 23.6. The highest BCUT2D eigenvalue weighted by Crippen LogP contribution is 2.37. The molecule has 3 rings (SSSR count). The molecule has 0 aliphatic rings. The normalized spacial score (nSPS) is 10.9. The van der Waals surface area contributed by atoms with Gasteiger partial charge >= 0.3 is 0 Å². The van der Waals surface area contributed by atoms with Crippen molar-refractivity contribution in [1.29, 1.82) is 5.26 Å². The maximum absolute atomic E-state index is 12.5. The van der Waals surface area contributed by atoms with Gasteiger partial charge < -0.3 is 14.8 Å². The number of nitrogens with one attached hydrogen (secondary N) is 1. The van der Waals surface area contributed by atoms with Crippen molar-refractivity contribution < 1.29 is 14.3 Å². The van der Waals surface area contributed by atoms with E-state index in [1.165, 1.54) is 13.2 Å². The lowest BCUT2D eigenvalue weighted by Crippen LogP contribution is -2.13. The van der Waals surface area contributed by atoms with Gasteiger partial charge in [-0.25, -0.2) is 0 Å². The van der Waals surface area contributed by atoms with Gasteiger partial charge in [0.05, 0.1) is 12.1 Å². The largest absolute Gasteiger partial charge is 0.493 e. The number of methoxy groups -OCH3 is 1. The number of halogens is 2. The Kier molecular flexibility index (Phi) is 8.14. The summed E-state index contributed by atoms with van der Waals surface area (Å²) < 4.78 is 12.4. The number of nitrogens with zero attached hydrogens (tertiary/aromatic N) is 1. The summed E-state index contributed by atoms with van der Waals surface area (Å²) >= 11 is 8.63. The molecule has 0 aliphatic heterocycles. The molecule has 1 N–H and O–H groups in total. The molecule has 0 aromatic heterocycles. The Morgan fingerprint density at radius 2 is 1.91 bits per heavy atom. The lowest BCUT2D eigenvalue weighted by atomic mass is 10.1. The van der Waals surface area contributed by atoms with Crippen molar-refractivity contribution in [3.63, 3.8) is 0 Å². The fourth-order valence-electron chi connectivity index (χ4n) is 2.93. The number of rotatable bonds is 7. The SMILES string of the molecule is COc1cc(/C=C(\C#N)C(=O)Nc2ccc(I)cc2)cc(Cl)c1OCc1ccccc1C. The molecule has 1 amide bonds. The summed E-state index contributed by atoms with van der Waals surface area (Å²) in [5.74, 6) is 0.299. The van der Waals surface area contributed by atoms with E-state index in [1.54, 1.807) is 24.3 Å². The molecule has 32 heavy (non-hydrogen) atoms. The third kappa shape index (κ3) is 6.02. The van der Waals surface area contributed by atoms with Crippen LogP contribution in [0.5, 0.6) is 11.5 Å². The number of nitriles is 1. The van der Waals surface area contributed by atoms with Crippen LogP contribution in [0.2, 0.25) is 5.02 Å². The highest BCUT2D eigenvalue weighted by Gasteiger charge is 2.15. The summed E-state index contributed by atoms with van der Waals surface area (Å²) in [4.78, 5) is 12.5. The molecule has 7 heteroatoms. The summed E-state index contributed by atoms with van der Waals surface area (Å²) in [7, 11) is 1.51. The Morgan fingerprint density at radius 1 is 1.19 bits per heavy atom. The lowest BCUT2D eigenvalue weighted by molar-refractivity contribution is -0.112. The third-order valence-corrected chi connectivity index (χ3v) is 5.66. The average Bonchev–Trinajstić information content (AvgIpc) is 2.78. The second kappa shape index (κ2) is 11.0. The zero-order valence-electron chi connectivity index (χ0n) is 17.5. The minimum Gasteiger partial charge on any atom is -0.493 e. The van der Waals surface area contributed by atoms with Crippen molar-refractivity contribution in [3.05, 3.63) is 91.5 Å². The quantitative estimate of drug-likeness (QED) is 0.207. The number of aryl methyl sites for hydroxylation is 1. The Balaban J connectivity index is 1.82. The molecule has 0 unspecified atom stereocenters. The second-order valence-electron chi connectivity index (χ2n) is 6.88. The molecule has 0 heterocycles. The molecule has 0 bridgehead atoms. The Labute approximate surface area is 205 Å². The van der Waals surface area contributed by atoms with E-state index in [-0.39, 0.29) is 5.57 Å². The van der Waals surface area contributed by atoms with E-state index in [9.17, 15) is 10.1 Å². The summed E-state index contributed by atoms with van der Waals surface area (Å²) in [6, 6.07) is 20.4. The number of ether oxygens (including phenoxy) is 2. The molecule has 3 aromatic carbocycles. The molecule has 0 spiro atoms. The van der Waals surface area contributed by atoms with Crippen LogP contribution in [0.4, 0.5) is 5.69 Å². The number of hydrogen-bond donors (Lipinski definition) is 1. The zero-order valence-corrected chi connectivity index (χ0v) is 20.4. The van der Waals surface area contributed by atoms with Crippen LogP contribution in [0.25, 0.3) is 6.08 Å². The van der Waals surface area contributed by atoms with Crippen LogP contribution < -0.4 is 14.8 Å². The van der Waals surface area contributed by atoms with Crippen LogP contribution in [0.3, 0.4) is 0 Å². The first-order chi connectivity index (χ1) is 15.4. The minimum absolute atomic E-state index is 0.0600. The minimum atomic E-state index is -0.510. The van der Waals surface area contributed by atoms with Gasteiger partial charge in [-0.3, -0.25) is 4.79 Å². The van der Waals surface area contributed by atoms with Gasteiger partial charge in [-0.2, -0.15) is 5.26 Å². The van der Waals surface area contributed by atoms with Crippen molar-refractivity contribution in [1.82, 2.24) is 0 Å². The molecular formula is C25H20ClIN2O3. The van der Waals surface area contributed by atoms with Gasteiger partial charge in [0.15, 0.2) is 11.5 Å². The molecule has 0 saturated carbocycles. The average molecular weight is 559 g/mol. The van der Waals surface area contributed by atoms with Crippen molar-refractivity contribution >= 4 is 51.9 Å². The fourth-order valence-corrected chi connectivity index (χ4v) is 3.57. The molecule has 0 atom stereocenters. The van der Waals surface area contributed by atoms with Crippen molar-refractivity contribution in [3.8, 4) is 17.6 Å². The summed E-state index contributed by atoms with van der Waals surface area (Å²) in [6.45, 7) is 2.34. The van der Waals surface area contributed by atoms with E-state index >= 15 is 0 Å². The molecule has 3 aromatic rings. The van der Waals surface area contributed by atoms with Crippen molar-refractivity contribution in [2.24, 2.45) is 0 Å². The molecule has 162 valence electrons. The highest BCUT2D eigenvalue weighted by atomic mass is 127. The number of carbonyl (C=O) groups is 1. The van der Waals surface area contributed by atoms with Crippen LogP contribution in [0.15, 0.2) is 66.2 Å². The van der Waals surface area contributed by atoms with Gasteiger partial charge in [-0.05, 0) is 88.7 Å².